The maximum absolute atomic E-state index is 5.08. The molecule has 106 valence electrons. The van der Waals surface area contributed by atoms with Gasteiger partial charge in [0.2, 0.25) is 5.95 Å². The Labute approximate surface area is 113 Å². The Bertz CT molecular complexity index is 391. The second kappa shape index (κ2) is 6.51. The van der Waals surface area contributed by atoms with E-state index in [2.05, 4.69) is 25.2 Å². The third-order valence-electron chi connectivity index (χ3n) is 3.24. The lowest BCUT2D eigenvalue weighted by atomic mass is 9.98. The first-order valence-electron chi connectivity index (χ1n) is 6.50. The summed E-state index contributed by atoms with van der Waals surface area (Å²) in [4.78, 5) is 14.8. The van der Waals surface area contributed by atoms with Gasteiger partial charge in [-0.15, -0.1) is 4.98 Å². The van der Waals surface area contributed by atoms with Gasteiger partial charge in [-0.1, -0.05) is 0 Å². The molecule has 1 N–H and O–H groups in total. The van der Waals surface area contributed by atoms with Gasteiger partial charge in [-0.3, -0.25) is 0 Å². The van der Waals surface area contributed by atoms with Crippen LogP contribution >= 0.6 is 0 Å². The van der Waals surface area contributed by atoms with Gasteiger partial charge in [0.25, 0.3) is 0 Å². The molecule has 1 fully saturated rings. The van der Waals surface area contributed by atoms with E-state index < -0.39 is 0 Å². The van der Waals surface area contributed by atoms with Crippen molar-refractivity contribution in [3.63, 3.8) is 0 Å². The molecule has 0 aromatic carbocycles. The fourth-order valence-electron chi connectivity index (χ4n) is 2.35. The molecular formula is C12H21N5O2. The molecule has 7 heteroatoms. The van der Waals surface area contributed by atoms with Crippen LogP contribution in [-0.4, -0.2) is 55.9 Å². The van der Waals surface area contributed by atoms with E-state index in [-0.39, 0.29) is 12.0 Å². The van der Waals surface area contributed by atoms with E-state index in [0.717, 1.165) is 26.1 Å². The third-order valence-corrected chi connectivity index (χ3v) is 3.24. The monoisotopic (exact) mass is 267 g/mol. The number of anilines is 1. The van der Waals surface area contributed by atoms with Crippen molar-refractivity contribution in [3.8, 4) is 12.0 Å². The summed E-state index contributed by atoms with van der Waals surface area (Å²) in [5.74, 6) is 1.25. The van der Waals surface area contributed by atoms with Gasteiger partial charge >= 0.3 is 12.0 Å². The Morgan fingerprint density at radius 3 is 2.47 bits per heavy atom. The molecular weight excluding hydrogens is 246 g/mol. The molecule has 0 bridgehead atoms. The summed E-state index contributed by atoms with van der Waals surface area (Å²) in [6.45, 7) is 2.91. The van der Waals surface area contributed by atoms with E-state index in [1.54, 1.807) is 14.2 Å². The average molecular weight is 267 g/mol. The summed E-state index contributed by atoms with van der Waals surface area (Å²) in [7, 11) is 5.06. The van der Waals surface area contributed by atoms with Crippen molar-refractivity contribution in [1.29, 1.82) is 0 Å². The van der Waals surface area contributed by atoms with Gasteiger partial charge in [-0.25, -0.2) is 0 Å². The highest BCUT2D eigenvalue weighted by Crippen LogP contribution is 2.22. The van der Waals surface area contributed by atoms with Crippen LogP contribution in [0.15, 0.2) is 0 Å². The second-order valence-corrected chi connectivity index (χ2v) is 4.62. The molecule has 1 atom stereocenters. The Kier molecular flexibility index (Phi) is 4.73. The number of aromatic nitrogens is 3. The van der Waals surface area contributed by atoms with Gasteiger partial charge in [-0.2, -0.15) is 9.97 Å². The molecule has 2 heterocycles. The van der Waals surface area contributed by atoms with E-state index >= 15 is 0 Å². The highest BCUT2D eigenvalue weighted by Gasteiger charge is 2.22. The van der Waals surface area contributed by atoms with Crippen LogP contribution < -0.4 is 19.7 Å². The molecule has 1 aromatic heterocycles. The van der Waals surface area contributed by atoms with Crippen LogP contribution in [0, 0.1) is 5.92 Å². The average Bonchev–Trinajstić information content (AvgIpc) is 2.47. The van der Waals surface area contributed by atoms with Crippen LogP contribution in [-0.2, 0) is 0 Å². The molecule has 19 heavy (non-hydrogen) atoms. The third kappa shape index (κ3) is 3.44. The first-order valence-corrected chi connectivity index (χ1v) is 6.50. The van der Waals surface area contributed by atoms with Crippen molar-refractivity contribution < 1.29 is 9.47 Å². The number of piperidine rings is 1. The fourth-order valence-corrected chi connectivity index (χ4v) is 2.35. The standard InChI is InChI=1S/C12H21N5O2/c1-13-7-9-5-4-6-17(8-9)10-14-11(18-2)16-12(15-10)19-3/h9,13H,4-8H2,1-3H3. The van der Waals surface area contributed by atoms with E-state index in [4.69, 9.17) is 9.47 Å². The topological polar surface area (TPSA) is 72.4 Å². The van der Waals surface area contributed by atoms with Crippen molar-refractivity contribution >= 4 is 5.95 Å². The number of hydrogen-bond acceptors (Lipinski definition) is 7. The fraction of sp³-hybridized carbons (Fsp3) is 0.750. The summed E-state index contributed by atoms with van der Waals surface area (Å²) < 4.78 is 10.2. The van der Waals surface area contributed by atoms with Crippen molar-refractivity contribution in [2.45, 2.75) is 12.8 Å². The highest BCUT2D eigenvalue weighted by molar-refractivity contribution is 5.33. The van der Waals surface area contributed by atoms with Gasteiger partial charge in [0.05, 0.1) is 14.2 Å². The molecule has 0 amide bonds. The normalized spacial score (nSPS) is 19.3. The van der Waals surface area contributed by atoms with Crippen LogP contribution in [0.3, 0.4) is 0 Å². The first kappa shape index (κ1) is 13.8. The Morgan fingerprint density at radius 1 is 1.21 bits per heavy atom. The van der Waals surface area contributed by atoms with Crippen molar-refractivity contribution in [3.05, 3.63) is 0 Å². The van der Waals surface area contributed by atoms with E-state index in [1.807, 2.05) is 7.05 Å². The van der Waals surface area contributed by atoms with Crippen molar-refractivity contribution in [2.24, 2.45) is 5.92 Å². The smallest absolute Gasteiger partial charge is 0.324 e. The molecule has 1 aromatic rings. The van der Waals surface area contributed by atoms with Crippen molar-refractivity contribution in [1.82, 2.24) is 20.3 Å². The minimum absolute atomic E-state index is 0.289. The number of methoxy groups -OCH3 is 2. The quantitative estimate of drug-likeness (QED) is 0.824. The zero-order valence-corrected chi connectivity index (χ0v) is 11.7. The molecule has 1 aliphatic rings. The van der Waals surface area contributed by atoms with E-state index in [9.17, 15) is 0 Å². The molecule has 1 aliphatic heterocycles. The molecule has 1 saturated heterocycles. The molecule has 0 saturated carbocycles. The summed E-state index contributed by atoms with van der Waals surface area (Å²) in [6, 6.07) is 0.579. The minimum atomic E-state index is 0.289. The van der Waals surface area contributed by atoms with E-state index in [1.165, 1.54) is 6.42 Å². The number of nitrogens with zero attached hydrogens (tertiary/aromatic N) is 4. The predicted octanol–water partition coefficient (Wildman–Crippen LogP) is 0.325. The zero-order chi connectivity index (χ0) is 13.7. The summed E-state index contributed by atoms with van der Waals surface area (Å²) in [5, 5.41) is 3.23. The molecule has 0 radical (unpaired) electrons. The van der Waals surface area contributed by atoms with Crippen LogP contribution in [0.1, 0.15) is 12.8 Å². The van der Waals surface area contributed by atoms with E-state index in [0.29, 0.717) is 11.9 Å². The second-order valence-electron chi connectivity index (χ2n) is 4.62. The van der Waals surface area contributed by atoms with Gasteiger partial charge in [0.1, 0.15) is 0 Å². The SMILES string of the molecule is CNCC1CCCN(c2nc(OC)nc(OC)n2)C1. The predicted molar refractivity (Wildman–Crippen MR) is 71.8 cm³/mol. The zero-order valence-electron chi connectivity index (χ0n) is 11.7. The largest absolute Gasteiger partial charge is 0.467 e. The minimum Gasteiger partial charge on any atom is -0.467 e. The van der Waals surface area contributed by atoms with Crippen LogP contribution in [0.2, 0.25) is 0 Å². The molecule has 0 aliphatic carbocycles. The number of rotatable bonds is 5. The lowest BCUT2D eigenvalue weighted by Crippen LogP contribution is -2.40. The van der Waals surface area contributed by atoms with Gasteiger partial charge in [0, 0.05) is 13.1 Å². The Balaban J connectivity index is 2.15. The molecule has 7 nitrogen and oxygen atoms in total. The lowest BCUT2D eigenvalue weighted by Gasteiger charge is -2.32. The highest BCUT2D eigenvalue weighted by atomic mass is 16.5. The van der Waals surface area contributed by atoms with Gasteiger partial charge in [-0.05, 0) is 32.4 Å². The number of hydrogen-bond donors (Lipinski definition) is 1. The maximum atomic E-state index is 5.08. The summed E-state index contributed by atoms with van der Waals surface area (Å²) in [6.07, 6.45) is 2.37. The van der Waals surface area contributed by atoms with Crippen molar-refractivity contribution in [2.75, 3.05) is 45.8 Å². The van der Waals surface area contributed by atoms with Gasteiger partial charge in [0.15, 0.2) is 0 Å². The molecule has 2 rings (SSSR count). The first-order chi connectivity index (χ1) is 9.26. The number of nitrogens with one attached hydrogen (secondary N) is 1. The van der Waals surface area contributed by atoms with Crippen LogP contribution in [0.4, 0.5) is 5.95 Å². The maximum Gasteiger partial charge on any atom is 0.324 e. The Morgan fingerprint density at radius 2 is 1.89 bits per heavy atom. The lowest BCUT2D eigenvalue weighted by molar-refractivity contribution is 0.336. The summed E-state index contributed by atoms with van der Waals surface area (Å²) in [5.41, 5.74) is 0. The Hall–Kier alpha value is -1.63. The van der Waals surface area contributed by atoms with Crippen LogP contribution in [0.25, 0.3) is 0 Å². The molecule has 0 spiro atoms. The molecule has 1 unspecified atom stereocenters. The van der Waals surface area contributed by atoms with Gasteiger partial charge < -0.3 is 19.7 Å². The van der Waals surface area contributed by atoms with Crippen LogP contribution in [0.5, 0.6) is 12.0 Å². The summed E-state index contributed by atoms with van der Waals surface area (Å²) >= 11 is 0. The number of ether oxygens (including phenoxy) is 2.